The zero-order valence-electron chi connectivity index (χ0n) is 16.6. The maximum atomic E-state index is 12.8. The van der Waals surface area contributed by atoms with Crippen molar-refractivity contribution in [1.29, 1.82) is 5.26 Å². The van der Waals surface area contributed by atoms with Crippen LogP contribution in [-0.2, 0) is 4.79 Å². The van der Waals surface area contributed by atoms with Crippen LogP contribution in [0.15, 0.2) is 54.7 Å². The quantitative estimate of drug-likeness (QED) is 0.485. The van der Waals surface area contributed by atoms with Crippen LogP contribution < -0.4 is 5.32 Å². The number of thiophene rings is 1. The zero-order chi connectivity index (χ0) is 22.4. The molecule has 4 heterocycles. The number of imide groups is 1. The molecular weight excluding hydrogens is 428 g/mol. The van der Waals surface area contributed by atoms with Crippen LogP contribution in [0.2, 0.25) is 0 Å². The molecule has 1 N–H and O–H groups in total. The molecular formula is C22H14N6O3S. The fourth-order valence-corrected chi connectivity index (χ4v) is 4.32. The molecule has 1 aliphatic rings. The van der Waals surface area contributed by atoms with Crippen LogP contribution in [0.1, 0.15) is 32.5 Å². The number of hydrogen-bond acceptors (Lipinski definition) is 7. The minimum Gasteiger partial charge on any atom is -0.291 e. The summed E-state index contributed by atoms with van der Waals surface area (Å²) in [5.41, 5.74) is 1.92. The van der Waals surface area contributed by atoms with E-state index in [1.807, 2.05) is 12.1 Å². The highest BCUT2D eigenvalue weighted by Gasteiger charge is 2.40. The van der Waals surface area contributed by atoms with Crippen molar-refractivity contribution in [3.8, 4) is 16.5 Å². The van der Waals surface area contributed by atoms with E-state index in [1.54, 1.807) is 42.6 Å². The first kappa shape index (κ1) is 19.6. The van der Waals surface area contributed by atoms with E-state index >= 15 is 0 Å². The molecule has 0 aliphatic carbocycles. The lowest BCUT2D eigenvalue weighted by Crippen LogP contribution is -2.45. The molecule has 3 aromatic heterocycles. The largest absolute Gasteiger partial charge is 0.291 e. The van der Waals surface area contributed by atoms with Gasteiger partial charge in [0.05, 0.1) is 11.1 Å². The molecule has 1 aromatic carbocycles. The highest BCUT2D eigenvalue weighted by molar-refractivity contribution is 7.16. The first-order chi connectivity index (χ1) is 15.5. The van der Waals surface area contributed by atoms with Gasteiger partial charge in [-0.2, -0.15) is 10.2 Å². The zero-order valence-corrected chi connectivity index (χ0v) is 17.5. The normalized spacial score (nSPS) is 13.8. The number of fused-ring (bicyclic) bond motifs is 2. The van der Waals surface area contributed by atoms with E-state index in [-0.39, 0.29) is 17.1 Å². The Kier molecular flexibility index (Phi) is 4.53. The third-order valence-electron chi connectivity index (χ3n) is 5.16. The van der Waals surface area contributed by atoms with Crippen LogP contribution in [0, 0.1) is 11.3 Å². The molecule has 0 bridgehead atoms. The Balaban J connectivity index is 1.36. The van der Waals surface area contributed by atoms with Crippen molar-refractivity contribution < 1.29 is 14.4 Å². The second-order valence-corrected chi connectivity index (χ2v) is 8.21. The Hall–Kier alpha value is -4.36. The van der Waals surface area contributed by atoms with Gasteiger partial charge in [0.2, 0.25) is 11.9 Å². The number of carbonyl (C=O) groups excluding carboxylic acids is 3. The van der Waals surface area contributed by atoms with Crippen molar-refractivity contribution in [2.24, 2.45) is 0 Å². The molecule has 0 spiro atoms. The molecule has 0 unspecified atom stereocenters. The fourth-order valence-electron chi connectivity index (χ4n) is 3.53. The van der Waals surface area contributed by atoms with E-state index in [0.29, 0.717) is 10.5 Å². The van der Waals surface area contributed by atoms with E-state index in [1.165, 1.54) is 22.8 Å². The molecule has 10 heteroatoms. The van der Waals surface area contributed by atoms with Crippen LogP contribution in [0.25, 0.3) is 16.1 Å². The van der Waals surface area contributed by atoms with Gasteiger partial charge in [-0.1, -0.05) is 12.1 Å². The van der Waals surface area contributed by atoms with E-state index in [4.69, 9.17) is 5.26 Å². The topological polar surface area (TPSA) is 120 Å². The minimum absolute atomic E-state index is 0.0551. The number of aromatic nitrogens is 3. The number of anilines is 1. The average Bonchev–Trinajstić information content (AvgIpc) is 3.50. The number of nitrogens with zero attached hydrogens (tertiary/aromatic N) is 5. The third kappa shape index (κ3) is 3.12. The Morgan fingerprint density at radius 2 is 1.81 bits per heavy atom. The van der Waals surface area contributed by atoms with E-state index in [0.717, 1.165) is 15.3 Å². The predicted molar refractivity (Wildman–Crippen MR) is 116 cm³/mol. The summed E-state index contributed by atoms with van der Waals surface area (Å²) < 4.78 is 1.52. The number of pyridine rings is 1. The summed E-state index contributed by atoms with van der Waals surface area (Å²) in [5, 5.41) is 15.9. The minimum atomic E-state index is -1.04. The highest BCUT2D eigenvalue weighted by Crippen LogP contribution is 2.28. The molecule has 5 rings (SSSR count). The van der Waals surface area contributed by atoms with Crippen LogP contribution >= 0.6 is 11.3 Å². The maximum absolute atomic E-state index is 12.8. The summed E-state index contributed by atoms with van der Waals surface area (Å²) in [4.78, 5) is 44.7. The van der Waals surface area contributed by atoms with Crippen molar-refractivity contribution in [1.82, 2.24) is 19.5 Å². The lowest BCUT2D eigenvalue weighted by molar-refractivity contribution is -0.119. The van der Waals surface area contributed by atoms with E-state index in [2.05, 4.69) is 21.5 Å². The summed E-state index contributed by atoms with van der Waals surface area (Å²) >= 11 is 1.36. The number of nitriles is 1. The Bertz CT molecular complexity index is 1430. The Morgan fingerprint density at radius 1 is 1.09 bits per heavy atom. The molecule has 1 atom stereocenters. The van der Waals surface area contributed by atoms with Crippen molar-refractivity contribution in [3.63, 3.8) is 0 Å². The summed E-state index contributed by atoms with van der Waals surface area (Å²) in [6.07, 6.45) is 1.75. The monoisotopic (exact) mass is 442 g/mol. The number of rotatable bonds is 4. The molecule has 0 saturated carbocycles. The van der Waals surface area contributed by atoms with Gasteiger partial charge < -0.3 is 0 Å². The van der Waals surface area contributed by atoms with Crippen molar-refractivity contribution in [2.45, 2.75) is 13.0 Å². The molecule has 1 aliphatic heterocycles. The number of nitrogens with one attached hydrogen (secondary N) is 1. The van der Waals surface area contributed by atoms with Crippen LogP contribution in [0.5, 0.6) is 0 Å². The predicted octanol–water partition coefficient (Wildman–Crippen LogP) is 2.95. The Labute approximate surface area is 185 Å². The highest BCUT2D eigenvalue weighted by atomic mass is 32.1. The summed E-state index contributed by atoms with van der Waals surface area (Å²) in [6, 6.07) is 14.7. The third-order valence-corrected chi connectivity index (χ3v) is 6.20. The van der Waals surface area contributed by atoms with E-state index < -0.39 is 23.8 Å². The SMILES string of the molecule is C[C@@H](C(=O)Nc1nc2ccc(-c3ccc(C#N)s3)cn2n1)N1C(=O)c2ccccc2C1=O. The van der Waals surface area contributed by atoms with Gasteiger partial charge in [-0.25, -0.2) is 4.52 Å². The summed E-state index contributed by atoms with van der Waals surface area (Å²) in [7, 11) is 0. The van der Waals surface area contributed by atoms with Gasteiger partial charge in [-0.15, -0.1) is 16.4 Å². The van der Waals surface area contributed by atoms with Crippen molar-refractivity contribution in [3.05, 3.63) is 70.7 Å². The van der Waals surface area contributed by atoms with Gasteiger partial charge in [0.25, 0.3) is 11.8 Å². The van der Waals surface area contributed by atoms with Crippen molar-refractivity contribution >= 4 is 40.7 Å². The number of amides is 3. The molecule has 0 radical (unpaired) electrons. The molecule has 32 heavy (non-hydrogen) atoms. The fraction of sp³-hybridized carbons (Fsp3) is 0.0909. The number of benzene rings is 1. The first-order valence-corrected chi connectivity index (χ1v) is 10.4. The van der Waals surface area contributed by atoms with E-state index in [9.17, 15) is 14.4 Å². The van der Waals surface area contributed by atoms with Crippen LogP contribution in [0.4, 0.5) is 5.95 Å². The van der Waals surface area contributed by atoms with Gasteiger partial charge in [-0.05, 0) is 43.3 Å². The molecule has 3 amide bonds. The van der Waals surface area contributed by atoms with Gasteiger partial charge in [0.15, 0.2) is 5.65 Å². The first-order valence-electron chi connectivity index (χ1n) is 9.61. The molecule has 4 aromatic rings. The van der Waals surface area contributed by atoms with Gasteiger partial charge in [-0.3, -0.25) is 24.6 Å². The lowest BCUT2D eigenvalue weighted by Gasteiger charge is -2.20. The number of carbonyl (C=O) groups is 3. The molecule has 9 nitrogen and oxygen atoms in total. The smallest absolute Gasteiger partial charge is 0.262 e. The lowest BCUT2D eigenvalue weighted by atomic mass is 10.1. The second kappa shape index (κ2) is 7.40. The van der Waals surface area contributed by atoms with Crippen molar-refractivity contribution in [2.75, 3.05) is 5.32 Å². The average molecular weight is 442 g/mol. The summed E-state index contributed by atoms with van der Waals surface area (Å²) in [6.45, 7) is 1.48. The number of hydrogen-bond donors (Lipinski definition) is 1. The summed E-state index contributed by atoms with van der Waals surface area (Å²) in [5.74, 6) is -1.53. The van der Waals surface area contributed by atoms with Gasteiger partial charge in [0, 0.05) is 16.6 Å². The standard InChI is InChI=1S/C22H14N6O3S/c1-12(28-20(30)15-4-2-3-5-16(15)21(28)31)19(29)25-22-24-18-9-6-13(11-27(18)26-22)17-8-7-14(10-23)32-17/h2-9,11-12H,1H3,(H,25,26,29)/t12-/m0/s1. The molecule has 156 valence electrons. The van der Waals surface area contributed by atoms with Gasteiger partial charge in [0.1, 0.15) is 17.0 Å². The molecule has 0 saturated heterocycles. The second-order valence-electron chi connectivity index (χ2n) is 7.12. The van der Waals surface area contributed by atoms with Crippen LogP contribution in [-0.4, -0.2) is 43.3 Å². The van der Waals surface area contributed by atoms with Crippen LogP contribution in [0.3, 0.4) is 0 Å². The molecule has 0 fully saturated rings. The Morgan fingerprint density at radius 3 is 2.47 bits per heavy atom. The maximum Gasteiger partial charge on any atom is 0.262 e. The van der Waals surface area contributed by atoms with Gasteiger partial charge >= 0.3 is 0 Å².